The second-order valence-electron chi connectivity index (χ2n) is 5.34. The number of amides is 1. The topological polar surface area (TPSA) is 66.8 Å². The van der Waals surface area contributed by atoms with E-state index < -0.39 is 12.0 Å². The van der Waals surface area contributed by atoms with E-state index in [-0.39, 0.29) is 10.2 Å². The maximum absolute atomic E-state index is 12.4. The van der Waals surface area contributed by atoms with Crippen LogP contribution in [0.15, 0.2) is 29.2 Å². The molecule has 1 atom stereocenters. The molecule has 1 unspecified atom stereocenters. The molecule has 24 heavy (non-hydrogen) atoms. The molecule has 0 aromatic heterocycles. The van der Waals surface area contributed by atoms with Crippen molar-refractivity contribution < 1.29 is 19.4 Å². The second-order valence-corrected chi connectivity index (χ2v) is 7.01. The highest BCUT2D eigenvalue weighted by molar-refractivity contribution is 8.26. The molecule has 1 fully saturated rings. The zero-order valence-electron chi connectivity index (χ0n) is 13.5. The highest BCUT2D eigenvalue weighted by Crippen LogP contribution is 2.34. The van der Waals surface area contributed by atoms with Gasteiger partial charge in [-0.25, -0.2) is 4.79 Å². The molecule has 7 heteroatoms. The van der Waals surface area contributed by atoms with Gasteiger partial charge in [0, 0.05) is 0 Å². The van der Waals surface area contributed by atoms with Crippen molar-refractivity contribution >= 4 is 46.3 Å². The summed E-state index contributed by atoms with van der Waals surface area (Å²) in [6, 6.07) is 6.44. The van der Waals surface area contributed by atoms with Gasteiger partial charge in [-0.15, -0.1) is 0 Å². The van der Waals surface area contributed by atoms with Crippen LogP contribution in [0.4, 0.5) is 0 Å². The Hall–Kier alpha value is -1.86. The van der Waals surface area contributed by atoms with E-state index in [1.807, 2.05) is 24.3 Å². The van der Waals surface area contributed by atoms with Crippen LogP contribution in [0.25, 0.3) is 6.08 Å². The summed E-state index contributed by atoms with van der Waals surface area (Å²) in [7, 11) is 0. The van der Waals surface area contributed by atoms with Gasteiger partial charge in [0.25, 0.3) is 5.91 Å². The Bertz CT molecular complexity index is 670. The molecule has 0 spiro atoms. The van der Waals surface area contributed by atoms with E-state index in [2.05, 4.69) is 6.92 Å². The van der Waals surface area contributed by atoms with Crippen molar-refractivity contribution in [3.63, 3.8) is 0 Å². The number of ether oxygens (including phenoxy) is 1. The number of rotatable bonds is 7. The fraction of sp³-hybridized carbons (Fsp3) is 0.353. The van der Waals surface area contributed by atoms with Crippen molar-refractivity contribution in [3.05, 3.63) is 34.7 Å². The van der Waals surface area contributed by atoms with E-state index >= 15 is 0 Å². The van der Waals surface area contributed by atoms with Crippen LogP contribution in [0.3, 0.4) is 0 Å². The van der Waals surface area contributed by atoms with Gasteiger partial charge < -0.3 is 9.84 Å². The van der Waals surface area contributed by atoms with E-state index in [0.717, 1.165) is 40.8 Å². The number of carboxylic acids is 1. The molecule has 1 amide bonds. The molecular formula is C17H19NO4S2. The Labute approximate surface area is 150 Å². The number of benzene rings is 1. The Morgan fingerprint density at radius 3 is 2.67 bits per heavy atom. The molecule has 128 valence electrons. The first kappa shape index (κ1) is 18.5. The van der Waals surface area contributed by atoms with E-state index in [4.69, 9.17) is 22.1 Å². The van der Waals surface area contributed by atoms with Gasteiger partial charge in [-0.05, 0) is 37.1 Å². The van der Waals surface area contributed by atoms with Crippen molar-refractivity contribution in [1.29, 1.82) is 0 Å². The van der Waals surface area contributed by atoms with E-state index in [9.17, 15) is 9.59 Å². The molecule has 0 aliphatic carbocycles. The first-order valence-corrected chi connectivity index (χ1v) is 8.89. The Kier molecular flexibility index (Phi) is 6.39. The van der Waals surface area contributed by atoms with Crippen molar-refractivity contribution in [2.24, 2.45) is 0 Å². The van der Waals surface area contributed by atoms with Crippen LogP contribution >= 0.6 is 24.0 Å². The second kappa shape index (κ2) is 8.30. The Morgan fingerprint density at radius 1 is 1.42 bits per heavy atom. The quantitative estimate of drug-likeness (QED) is 0.453. The fourth-order valence-electron chi connectivity index (χ4n) is 2.07. The van der Waals surface area contributed by atoms with Gasteiger partial charge in [0.15, 0.2) is 0 Å². The van der Waals surface area contributed by atoms with Gasteiger partial charge in [0.05, 0.1) is 11.5 Å². The van der Waals surface area contributed by atoms with Crippen molar-refractivity contribution in [3.8, 4) is 5.75 Å². The number of aliphatic carboxylic acids is 1. The summed E-state index contributed by atoms with van der Waals surface area (Å²) in [5.41, 5.74) is 0.835. The molecule has 0 radical (unpaired) electrons. The lowest BCUT2D eigenvalue weighted by atomic mass is 10.2. The SMILES string of the molecule is CCCCOc1ccc(C=C2SC(=S)N(C(C)C(=O)O)C2=O)cc1. The minimum absolute atomic E-state index is 0.265. The van der Waals surface area contributed by atoms with Gasteiger partial charge in [0.2, 0.25) is 0 Å². The molecular weight excluding hydrogens is 346 g/mol. The minimum atomic E-state index is -1.08. The fourth-order valence-corrected chi connectivity index (χ4v) is 3.49. The number of nitrogens with zero attached hydrogens (tertiary/aromatic N) is 1. The minimum Gasteiger partial charge on any atom is -0.494 e. The summed E-state index contributed by atoms with van der Waals surface area (Å²) >= 11 is 6.25. The van der Waals surface area contributed by atoms with Gasteiger partial charge in [0.1, 0.15) is 16.1 Å². The van der Waals surface area contributed by atoms with Crippen molar-refractivity contribution in [1.82, 2.24) is 4.90 Å². The van der Waals surface area contributed by atoms with Crippen molar-refractivity contribution in [2.75, 3.05) is 6.61 Å². The molecule has 5 nitrogen and oxygen atoms in total. The standard InChI is InChI=1S/C17H19NO4S2/c1-3-4-9-22-13-7-5-12(6-8-13)10-14-15(19)18(17(23)24-14)11(2)16(20)21/h5-8,10-11H,3-4,9H2,1-2H3,(H,20,21). The average Bonchev–Trinajstić information content (AvgIpc) is 2.82. The molecule has 0 bridgehead atoms. The lowest BCUT2D eigenvalue weighted by Crippen LogP contribution is -2.41. The molecule has 1 saturated heterocycles. The number of unbranched alkanes of at least 4 members (excludes halogenated alkanes) is 1. The monoisotopic (exact) mass is 365 g/mol. The van der Waals surface area contributed by atoms with E-state index in [1.54, 1.807) is 6.08 Å². The number of carbonyl (C=O) groups excluding carboxylic acids is 1. The molecule has 0 saturated carbocycles. The number of hydrogen-bond acceptors (Lipinski definition) is 5. The molecule has 1 heterocycles. The zero-order chi connectivity index (χ0) is 17.7. The van der Waals surface area contributed by atoms with Gasteiger partial charge in [-0.2, -0.15) is 0 Å². The smallest absolute Gasteiger partial charge is 0.326 e. The molecule has 1 aliphatic heterocycles. The normalized spacial score (nSPS) is 17.4. The lowest BCUT2D eigenvalue weighted by Gasteiger charge is -2.18. The third kappa shape index (κ3) is 4.36. The number of thiocarbonyl (C=S) groups is 1. The van der Waals surface area contributed by atoms with Crippen LogP contribution in [0.1, 0.15) is 32.3 Å². The predicted octanol–water partition coefficient (Wildman–Crippen LogP) is 3.54. The maximum Gasteiger partial charge on any atom is 0.326 e. The summed E-state index contributed by atoms with van der Waals surface area (Å²) < 4.78 is 5.86. The van der Waals surface area contributed by atoms with E-state index in [1.165, 1.54) is 6.92 Å². The van der Waals surface area contributed by atoms with Crippen LogP contribution in [-0.4, -0.2) is 38.9 Å². The highest BCUT2D eigenvalue weighted by Gasteiger charge is 2.38. The summed E-state index contributed by atoms with van der Waals surface area (Å²) in [4.78, 5) is 25.0. The first-order valence-electron chi connectivity index (χ1n) is 7.66. The summed E-state index contributed by atoms with van der Waals surface area (Å²) in [5.74, 6) is -0.669. The van der Waals surface area contributed by atoms with Crippen LogP contribution in [0, 0.1) is 0 Å². The van der Waals surface area contributed by atoms with Crippen LogP contribution in [-0.2, 0) is 9.59 Å². The third-order valence-corrected chi connectivity index (χ3v) is 4.84. The lowest BCUT2D eigenvalue weighted by molar-refractivity contribution is -0.144. The average molecular weight is 365 g/mol. The van der Waals surface area contributed by atoms with E-state index in [0.29, 0.717) is 11.5 Å². The number of thioether (sulfide) groups is 1. The summed E-state index contributed by atoms with van der Waals surface area (Å²) in [6.45, 7) is 4.23. The predicted molar refractivity (Wildman–Crippen MR) is 99.0 cm³/mol. The molecule has 1 aromatic rings. The number of hydrogen-bond donors (Lipinski definition) is 1. The van der Waals surface area contributed by atoms with Crippen LogP contribution in [0.2, 0.25) is 0 Å². The van der Waals surface area contributed by atoms with Crippen LogP contribution < -0.4 is 4.74 Å². The largest absolute Gasteiger partial charge is 0.494 e. The highest BCUT2D eigenvalue weighted by atomic mass is 32.2. The van der Waals surface area contributed by atoms with Gasteiger partial charge in [-0.1, -0.05) is 49.5 Å². The number of carboxylic acid groups (broad SMARTS) is 1. The summed E-state index contributed by atoms with van der Waals surface area (Å²) in [6.07, 6.45) is 3.80. The maximum atomic E-state index is 12.4. The zero-order valence-corrected chi connectivity index (χ0v) is 15.2. The molecule has 2 rings (SSSR count). The van der Waals surface area contributed by atoms with Crippen molar-refractivity contribution in [2.45, 2.75) is 32.7 Å². The number of carbonyl (C=O) groups is 2. The first-order chi connectivity index (χ1) is 11.4. The van der Waals surface area contributed by atoms with Gasteiger partial charge in [-0.3, -0.25) is 9.69 Å². The third-order valence-electron chi connectivity index (χ3n) is 3.51. The molecule has 1 N–H and O–H groups in total. The molecule has 1 aliphatic rings. The Morgan fingerprint density at radius 2 is 2.08 bits per heavy atom. The van der Waals surface area contributed by atoms with Crippen LogP contribution in [0.5, 0.6) is 5.75 Å². The van der Waals surface area contributed by atoms with Gasteiger partial charge >= 0.3 is 5.97 Å². The molecule has 1 aromatic carbocycles. The Balaban J connectivity index is 2.10. The summed E-state index contributed by atoms with van der Waals surface area (Å²) in [5, 5.41) is 9.08.